The summed E-state index contributed by atoms with van der Waals surface area (Å²) in [6, 6.07) is 15.8. The van der Waals surface area contributed by atoms with Gasteiger partial charge in [-0.3, -0.25) is 4.99 Å². The van der Waals surface area contributed by atoms with Crippen molar-refractivity contribution in [3.05, 3.63) is 59.8 Å². The summed E-state index contributed by atoms with van der Waals surface area (Å²) in [6.07, 6.45) is 0. The Bertz CT molecular complexity index is 760. The van der Waals surface area contributed by atoms with Crippen molar-refractivity contribution in [1.82, 2.24) is 0 Å². The maximum absolute atomic E-state index is 5.47. The maximum atomic E-state index is 5.47. The van der Waals surface area contributed by atoms with E-state index in [2.05, 4.69) is 19.2 Å². The molecule has 2 rings (SSSR count). The molecule has 0 atom stereocenters. The second-order valence-corrected chi connectivity index (χ2v) is 5.96. The van der Waals surface area contributed by atoms with Gasteiger partial charge < -0.3 is 14.8 Å². The summed E-state index contributed by atoms with van der Waals surface area (Å²) in [5.74, 6) is 1.74. The highest BCUT2D eigenvalue weighted by atomic mass is 16.5. The number of hydrogen-bond donors (Lipinski definition) is 1. The first-order valence-corrected chi connectivity index (χ1v) is 8.99. The van der Waals surface area contributed by atoms with E-state index in [0.717, 1.165) is 39.9 Å². The molecule has 0 bridgehead atoms. The molecular formula is C22H28N2O2. The normalized spacial score (nSPS) is 12.4. The van der Waals surface area contributed by atoms with Crippen molar-refractivity contribution in [1.29, 1.82) is 0 Å². The summed E-state index contributed by atoms with van der Waals surface area (Å²) in [4.78, 5) is 4.70. The van der Waals surface area contributed by atoms with Crippen LogP contribution in [0.5, 0.6) is 11.5 Å². The number of nitrogens with one attached hydrogen (secondary N) is 1. The first-order chi connectivity index (χ1) is 12.5. The van der Waals surface area contributed by atoms with Gasteiger partial charge in [0.2, 0.25) is 0 Å². The molecule has 0 fully saturated rings. The molecule has 0 amide bonds. The third kappa shape index (κ3) is 5.66. The van der Waals surface area contributed by atoms with Gasteiger partial charge in [-0.25, -0.2) is 0 Å². The standard InChI is InChI=1S/C22H28N2O2/c1-6-25-21-12-8-19(9-13-21)23-17(4)16(3)18(5)24-20-10-14-22(15-11-20)26-7-2/h8-15,23H,6-7H2,1-5H3. The number of aliphatic imine (C=N–C) groups is 1. The van der Waals surface area contributed by atoms with Crippen LogP contribution in [0.3, 0.4) is 0 Å². The summed E-state index contributed by atoms with van der Waals surface area (Å²) in [5.41, 5.74) is 5.11. The number of anilines is 1. The maximum Gasteiger partial charge on any atom is 0.119 e. The Kier molecular flexibility index (Phi) is 7.27. The SMILES string of the molecule is CCOc1ccc(N=C(C)C(C)=C(C)Nc2ccc(OCC)cc2)cc1. The van der Waals surface area contributed by atoms with Crippen molar-refractivity contribution in [3.63, 3.8) is 0 Å². The van der Waals surface area contributed by atoms with E-state index < -0.39 is 0 Å². The quantitative estimate of drug-likeness (QED) is 0.594. The van der Waals surface area contributed by atoms with E-state index in [9.17, 15) is 0 Å². The van der Waals surface area contributed by atoms with Gasteiger partial charge in [0.05, 0.1) is 18.9 Å². The highest BCUT2D eigenvalue weighted by molar-refractivity contribution is 6.00. The number of rotatable bonds is 8. The zero-order chi connectivity index (χ0) is 18.9. The highest BCUT2D eigenvalue weighted by Gasteiger charge is 2.03. The molecule has 0 saturated carbocycles. The highest BCUT2D eigenvalue weighted by Crippen LogP contribution is 2.21. The van der Waals surface area contributed by atoms with Crippen LogP contribution in [-0.4, -0.2) is 18.9 Å². The second-order valence-electron chi connectivity index (χ2n) is 5.96. The van der Waals surface area contributed by atoms with Crippen molar-refractivity contribution in [2.24, 2.45) is 4.99 Å². The Labute approximate surface area is 156 Å². The Balaban J connectivity index is 2.09. The number of nitrogens with zero attached hydrogens (tertiary/aromatic N) is 1. The lowest BCUT2D eigenvalue weighted by molar-refractivity contribution is 0.340. The predicted octanol–water partition coefficient (Wildman–Crippen LogP) is 5.98. The zero-order valence-electron chi connectivity index (χ0n) is 16.3. The van der Waals surface area contributed by atoms with Crippen LogP contribution in [0, 0.1) is 0 Å². The topological polar surface area (TPSA) is 42.8 Å². The number of allylic oxidation sites excluding steroid dienone is 2. The van der Waals surface area contributed by atoms with Crippen LogP contribution in [-0.2, 0) is 0 Å². The molecule has 0 radical (unpaired) electrons. The fraction of sp³-hybridized carbons (Fsp3) is 0.318. The third-order valence-electron chi connectivity index (χ3n) is 4.05. The Morgan fingerprint density at radius 3 is 1.81 bits per heavy atom. The average molecular weight is 352 g/mol. The molecule has 0 saturated heterocycles. The Morgan fingerprint density at radius 1 is 0.808 bits per heavy atom. The van der Waals surface area contributed by atoms with E-state index in [0.29, 0.717) is 13.2 Å². The summed E-state index contributed by atoms with van der Waals surface area (Å²) in [5, 5.41) is 3.43. The molecule has 2 aromatic rings. The zero-order valence-corrected chi connectivity index (χ0v) is 16.3. The van der Waals surface area contributed by atoms with Crippen LogP contribution in [0.25, 0.3) is 0 Å². The number of ether oxygens (including phenoxy) is 2. The minimum absolute atomic E-state index is 0.667. The molecule has 138 valence electrons. The van der Waals surface area contributed by atoms with Crippen molar-refractivity contribution in [2.75, 3.05) is 18.5 Å². The van der Waals surface area contributed by atoms with Gasteiger partial charge in [-0.05, 0) is 88.7 Å². The molecule has 0 spiro atoms. The Hall–Kier alpha value is -2.75. The lowest BCUT2D eigenvalue weighted by Crippen LogP contribution is -2.04. The number of benzene rings is 2. The van der Waals surface area contributed by atoms with E-state index in [1.165, 1.54) is 0 Å². The van der Waals surface area contributed by atoms with Crippen LogP contribution >= 0.6 is 0 Å². The van der Waals surface area contributed by atoms with Crippen LogP contribution < -0.4 is 14.8 Å². The molecule has 0 aliphatic heterocycles. The lowest BCUT2D eigenvalue weighted by Gasteiger charge is -2.12. The minimum atomic E-state index is 0.667. The molecule has 0 aliphatic rings. The van der Waals surface area contributed by atoms with Gasteiger partial charge in [0.1, 0.15) is 11.5 Å². The minimum Gasteiger partial charge on any atom is -0.494 e. The van der Waals surface area contributed by atoms with Crippen LogP contribution in [0.2, 0.25) is 0 Å². The first kappa shape index (κ1) is 19.6. The largest absolute Gasteiger partial charge is 0.494 e. The lowest BCUT2D eigenvalue weighted by atomic mass is 10.1. The van der Waals surface area contributed by atoms with Gasteiger partial charge >= 0.3 is 0 Å². The molecule has 0 aliphatic carbocycles. The fourth-order valence-corrected chi connectivity index (χ4v) is 2.44. The second kappa shape index (κ2) is 9.66. The van der Waals surface area contributed by atoms with Crippen molar-refractivity contribution in [3.8, 4) is 11.5 Å². The molecule has 4 heteroatoms. The fourth-order valence-electron chi connectivity index (χ4n) is 2.44. The summed E-state index contributed by atoms with van der Waals surface area (Å²) >= 11 is 0. The van der Waals surface area contributed by atoms with Gasteiger partial charge in [0.15, 0.2) is 0 Å². The predicted molar refractivity (Wildman–Crippen MR) is 110 cm³/mol. The molecule has 2 aromatic carbocycles. The monoisotopic (exact) mass is 352 g/mol. The summed E-state index contributed by atoms with van der Waals surface area (Å²) in [7, 11) is 0. The molecule has 0 unspecified atom stereocenters. The molecule has 0 heterocycles. The van der Waals surface area contributed by atoms with E-state index >= 15 is 0 Å². The molecule has 4 nitrogen and oxygen atoms in total. The van der Waals surface area contributed by atoms with Crippen molar-refractivity contribution in [2.45, 2.75) is 34.6 Å². The van der Waals surface area contributed by atoms with Gasteiger partial charge in [-0.1, -0.05) is 0 Å². The molecule has 1 N–H and O–H groups in total. The van der Waals surface area contributed by atoms with E-state index in [1.807, 2.05) is 69.3 Å². The van der Waals surface area contributed by atoms with Gasteiger partial charge in [0.25, 0.3) is 0 Å². The van der Waals surface area contributed by atoms with Gasteiger partial charge in [0, 0.05) is 17.1 Å². The summed E-state index contributed by atoms with van der Waals surface area (Å²) < 4.78 is 10.9. The first-order valence-electron chi connectivity index (χ1n) is 8.99. The van der Waals surface area contributed by atoms with E-state index in [-0.39, 0.29) is 0 Å². The molecule has 26 heavy (non-hydrogen) atoms. The molecular weight excluding hydrogens is 324 g/mol. The van der Waals surface area contributed by atoms with Gasteiger partial charge in [-0.2, -0.15) is 0 Å². The van der Waals surface area contributed by atoms with Crippen LogP contribution in [0.1, 0.15) is 34.6 Å². The van der Waals surface area contributed by atoms with Crippen molar-refractivity contribution >= 4 is 17.1 Å². The van der Waals surface area contributed by atoms with E-state index in [1.54, 1.807) is 0 Å². The Morgan fingerprint density at radius 2 is 1.31 bits per heavy atom. The van der Waals surface area contributed by atoms with E-state index in [4.69, 9.17) is 14.5 Å². The summed E-state index contributed by atoms with van der Waals surface area (Å²) in [6.45, 7) is 11.5. The number of hydrogen-bond acceptors (Lipinski definition) is 4. The smallest absolute Gasteiger partial charge is 0.119 e. The third-order valence-corrected chi connectivity index (χ3v) is 4.05. The average Bonchev–Trinajstić information content (AvgIpc) is 2.64. The molecule has 0 aromatic heterocycles. The van der Waals surface area contributed by atoms with Crippen LogP contribution in [0.15, 0.2) is 64.8 Å². The van der Waals surface area contributed by atoms with Gasteiger partial charge in [-0.15, -0.1) is 0 Å². The van der Waals surface area contributed by atoms with Crippen molar-refractivity contribution < 1.29 is 9.47 Å². The van der Waals surface area contributed by atoms with Crippen LogP contribution in [0.4, 0.5) is 11.4 Å².